The molecule has 1 aliphatic heterocycles. The summed E-state index contributed by atoms with van der Waals surface area (Å²) in [5, 5.41) is 3.80. The third kappa shape index (κ3) is 3.37. The first-order valence-corrected chi connectivity index (χ1v) is 8.60. The Bertz CT molecular complexity index is 305. The van der Waals surface area contributed by atoms with Gasteiger partial charge in [-0.1, -0.05) is 34.1 Å². The molecule has 3 nitrogen and oxygen atoms in total. The highest BCUT2D eigenvalue weighted by molar-refractivity contribution is 5.00. The summed E-state index contributed by atoms with van der Waals surface area (Å²) < 4.78 is 5.89. The van der Waals surface area contributed by atoms with Crippen molar-refractivity contribution in [1.29, 1.82) is 0 Å². The summed E-state index contributed by atoms with van der Waals surface area (Å²) in [6, 6.07) is 1.89. The Morgan fingerprint density at radius 3 is 2.70 bits per heavy atom. The van der Waals surface area contributed by atoms with Crippen LogP contribution in [-0.4, -0.2) is 48.8 Å². The van der Waals surface area contributed by atoms with Crippen molar-refractivity contribution in [3.63, 3.8) is 0 Å². The Morgan fingerprint density at radius 2 is 2.05 bits per heavy atom. The predicted octanol–water partition coefficient (Wildman–Crippen LogP) is 3.04. The van der Waals surface area contributed by atoms with Crippen molar-refractivity contribution >= 4 is 0 Å². The maximum Gasteiger partial charge on any atom is 0.0674 e. The van der Waals surface area contributed by atoms with Crippen LogP contribution in [0, 0.1) is 5.41 Å². The van der Waals surface area contributed by atoms with Crippen LogP contribution in [0.1, 0.15) is 60.3 Å². The van der Waals surface area contributed by atoms with E-state index in [4.69, 9.17) is 4.74 Å². The van der Waals surface area contributed by atoms with Gasteiger partial charge >= 0.3 is 0 Å². The lowest BCUT2D eigenvalue weighted by Gasteiger charge is -2.52. The quantitative estimate of drug-likeness (QED) is 0.858. The van der Waals surface area contributed by atoms with E-state index in [0.717, 1.165) is 19.7 Å². The second-order valence-corrected chi connectivity index (χ2v) is 7.39. The Morgan fingerprint density at radius 1 is 1.30 bits per heavy atom. The monoisotopic (exact) mass is 282 g/mol. The van der Waals surface area contributed by atoms with Gasteiger partial charge in [0.25, 0.3) is 0 Å². The maximum atomic E-state index is 5.89. The van der Waals surface area contributed by atoms with E-state index in [1.807, 2.05) is 0 Å². The van der Waals surface area contributed by atoms with Crippen molar-refractivity contribution in [3.8, 4) is 0 Å². The molecule has 2 rings (SSSR count). The summed E-state index contributed by atoms with van der Waals surface area (Å²) in [6.45, 7) is 14.7. The lowest BCUT2D eigenvalue weighted by Crippen LogP contribution is -2.64. The van der Waals surface area contributed by atoms with Gasteiger partial charge in [0, 0.05) is 24.7 Å². The van der Waals surface area contributed by atoms with Crippen LogP contribution in [0.4, 0.5) is 0 Å². The van der Waals surface area contributed by atoms with Crippen molar-refractivity contribution in [3.05, 3.63) is 0 Å². The van der Waals surface area contributed by atoms with Gasteiger partial charge in [-0.3, -0.25) is 4.90 Å². The van der Waals surface area contributed by atoms with Gasteiger partial charge in [0.05, 0.1) is 12.7 Å². The topological polar surface area (TPSA) is 24.5 Å². The van der Waals surface area contributed by atoms with Crippen molar-refractivity contribution in [1.82, 2.24) is 10.2 Å². The minimum atomic E-state index is 0.380. The number of ether oxygens (including phenoxy) is 1. The fourth-order valence-corrected chi connectivity index (χ4v) is 4.23. The third-order valence-electron chi connectivity index (χ3n) is 5.38. The predicted molar refractivity (Wildman–Crippen MR) is 85.1 cm³/mol. The van der Waals surface area contributed by atoms with Gasteiger partial charge in [-0.15, -0.1) is 0 Å². The zero-order chi connectivity index (χ0) is 14.8. The molecule has 0 aromatic carbocycles. The molecule has 0 amide bonds. The van der Waals surface area contributed by atoms with Crippen molar-refractivity contribution in [2.75, 3.05) is 19.7 Å². The minimum Gasteiger partial charge on any atom is -0.376 e. The lowest BCUT2D eigenvalue weighted by atomic mass is 9.70. The molecule has 4 unspecified atom stereocenters. The molecular formula is C17H34N2O. The zero-order valence-electron chi connectivity index (χ0n) is 14.1. The van der Waals surface area contributed by atoms with E-state index < -0.39 is 0 Å². The average molecular weight is 282 g/mol. The highest BCUT2D eigenvalue weighted by Gasteiger charge is 2.43. The Hall–Kier alpha value is -0.120. The van der Waals surface area contributed by atoms with Gasteiger partial charge in [0.1, 0.15) is 0 Å². The van der Waals surface area contributed by atoms with E-state index in [0.29, 0.717) is 29.6 Å². The molecule has 3 heteroatoms. The second-order valence-electron chi connectivity index (χ2n) is 7.39. The molecule has 2 aliphatic rings. The normalized spacial score (nSPS) is 38.9. The molecule has 0 aromatic heterocycles. The molecule has 0 radical (unpaired) electrons. The average Bonchev–Trinajstić information content (AvgIpc) is 2.41. The van der Waals surface area contributed by atoms with Crippen LogP contribution in [0.3, 0.4) is 0 Å². The van der Waals surface area contributed by atoms with Gasteiger partial charge in [-0.2, -0.15) is 0 Å². The summed E-state index contributed by atoms with van der Waals surface area (Å²) >= 11 is 0. The largest absolute Gasteiger partial charge is 0.376 e. The summed E-state index contributed by atoms with van der Waals surface area (Å²) in [6.07, 6.45) is 5.62. The van der Waals surface area contributed by atoms with E-state index in [1.54, 1.807) is 0 Å². The Labute approximate surface area is 125 Å². The van der Waals surface area contributed by atoms with Crippen molar-refractivity contribution in [2.24, 2.45) is 5.41 Å². The fraction of sp³-hybridized carbons (Fsp3) is 1.00. The third-order valence-corrected chi connectivity index (χ3v) is 5.38. The van der Waals surface area contributed by atoms with Gasteiger partial charge in [-0.25, -0.2) is 0 Å². The molecule has 0 aromatic rings. The molecule has 0 spiro atoms. The number of nitrogens with one attached hydrogen (secondary N) is 1. The summed E-state index contributed by atoms with van der Waals surface area (Å²) in [4.78, 5) is 2.77. The molecular weight excluding hydrogens is 248 g/mol. The van der Waals surface area contributed by atoms with E-state index >= 15 is 0 Å². The van der Waals surface area contributed by atoms with Crippen molar-refractivity contribution < 1.29 is 4.74 Å². The summed E-state index contributed by atoms with van der Waals surface area (Å²) in [7, 11) is 0. The van der Waals surface area contributed by atoms with Crippen LogP contribution in [0.25, 0.3) is 0 Å². The molecule has 118 valence electrons. The molecule has 4 atom stereocenters. The Kier molecular flexibility index (Phi) is 5.49. The van der Waals surface area contributed by atoms with E-state index in [9.17, 15) is 0 Å². The summed E-state index contributed by atoms with van der Waals surface area (Å²) in [5.41, 5.74) is 0.402. The van der Waals surface area contributed by atoms with E-state index in [1.165, 1.54) is 25.7 Å². The first-order valence-electron chi connectivity index (χ1n) is 8.60. The van der Waals surface area contributed by atoms with Crippen LogP contribution < -0.4 is 5.32 Å². The first kappa shape index (κ1) is 16.3. The SMILES string of the molecule is CCNC1C(N2CC(C)OCC2CC)CCCC1(C)C. The highest BCUT2D eigenvalue weighted by atomic mass is 16.5. The standard InChI is InChI=1S/C17H34N2O/c1-6-14-12-20-13(3)11-19(14)15-9-8-10-17(4,5)16(15)18-7-2/h13-16,18H,6-12H2,1-5H3. The molecule has 2 fully saturated rings. The zero-order valence-corrected chi connectivity index (χ0v) is 14.1. The van der Waals surface area contributed by atoms with Crippen LogP contribution in [0.15, 0.2) is 0 Å². The van der Waals surface area contributed by atoms with E-state index in [2.05, 4.69) is 44.8 Å². The number of likely N-dealkylation sites (N-methyl/N-ethyl adjacent to an activating group) is 1. The molecule has 1 aliphatic carbocycles. The number of nitrogens with zero attached hydrogens (tertiary/aromatic N) is 1. The lowest BCUT2D eigenvalue weighted by molar-refractivity contribution is -0.0928. The van der Waals surface area contributed by atoms with E-state index in [-0.39, 0.29) is 0 Å². The van der Waals surface area contributed by atoms with Crippen LogP contribution in [0.2, 0.25) is 0 Å². The smallest absolute Gasteiger partial charge is 0.0674 e. The fourth-order valence-electron chi connectivity index (χ4n) is 4.23. The molecule has 1 heterocycles. The minimum absolute atomic E-state index is 0.380. The van der Waals surface area contributed by atoms with Gasteiger partial charge in [0.2, 0.25) is 0 Å². The number of rotatable bonds is 4. The van der Waals surface area contributed by atoms with Gasteiger partial charge < -0.3 is 10.1 Å². The maximum absolute atomic E-state index is 5.89. The van der Waals surface area contributed by atoms with Crippen LogP contribution in [0.5, 0.6) is 0 Å². The second kappa shape index (κ2) is 6.76. The molecule has 0 bridgehead atoms. The van der Waals surface area contributed by atoms with Crippen LogP contribution in [-0.2, 0) is 4.74 Å². The van der Waals surface area contributed by atoms with Gasteiger partial charge in [0.15, 0.2) is 0 Å². The number of morpholine rings is 1. The Balaban J connectivity index is 2.17. The molecule has 1 saturated carbocycles. The first-order chi connectivity index (χ1) is 9.49. The van der Waals surface area contributed by atoms with Crippen LogP contribution >= 0.6 is 0 Å². The molecule has 20 heavy (non-hydrogen) atoms. The highest BCUT2D eigenvalue weighted by Crippen LogP contribution is 2.39. The van der Waals surface area contributed by atoms with Crippen molar-refractivity contribution in [2.45, 2.75) is 84.5 Å². The number of hydrogen-bond acceptors (Lipinski definition) is 3. The van der Waals surface area contributed by atoms with Gasteiger partial charge in [-0.05, 0) is 38.1 Å². The molecule has 1 saturated heterocycles. The molecule has 1 N–H and O–H groups in total. The summed E-state index contributed by atoms with van der Waals surface area (Å²) in [5.74, 6) is 0. The number of hydrogen-bond donors (Lipinski definition) is 1.